The number of aliphatic carboxylic acids is 2. The van der Waals surface area contributed by atoms with Crippen molar-refractivity contribution in [1.29, 1.82) is 0 Å². The molecule has 0 aromatic heterocycles. The average molecular weight is 1030 g/mol. The summed E-state index contributed by atoms with van der Waals surface area (Å²) in [6.45, 7) is 10.1. The van der Waals surface area contributed by atoms with E-state index in [1.807, 2.05) is 0 Å². The van der Waals surface area contributed by atoms with Crippen molar-refractivity contribution in [2.24, 2.45) is 51.4 Å². The molecule has 1 aliphatic rings. The molecule has 72 heavy (non-hydrogen) atoms. The molecule has 19 N–H and O–H groups in total. The fraction of sp³-hybridized carbons (Fsp3) is 0.733. The molecule has 0 aliphatic carbocycles. The van der Waals surface area contributed by atoms with Gasteiger partial charge in [-0.3, -0.25) is 52.9 Å². The maximum absolute atomic E-state index is 14.3. The lowest BCUT2D eigenvalue weighted by molar-refractivity contribution is -0.144. The highest BCUT2D eigenvalue weighted by Gasteiger charge is 2.41. The minimum atomic E-state index is -1.76. The van der Waals surface area contributed by atoms with Gasteiger partial charge in [0.2, 0.25) is 53.2 Å². The molecular formula is C45H80N14O13. The van der Waals surface area contributed by atoms with Crippen molar-refractivity contribution in [3.05, 3.63) is 0 Å². The quantitative estimate of drug-likeness (QED) is 0.0166. The van der Waals surface area contributed by atoms with E-state index in [9.17, 15) is 63.0 Å². The van der Waals surface area contributed by atoms with Crippen LogP contribution in [0.1, 0.15) is 119 Å². The Morgan fingerprint density at radius 1 is 0.653 bits per heavy atom. The lowest BCUT2D eigenvalue weighted by Gasteiger charge is -2.32. The fourth-order valence-electron chi connectivity index (χ4n) is 7.73. The Kier molecular flexibility index (Phi) is 28.5. The third kappa shape index (κ3) is 22.6. The van der Waals surface area contributed by atoms with Crippen LogP contribution in [0.2, 0.25) is 0 Å². The van der Waals surface area contributed by atoms with Crippen molar-refractivity contribution < 1.29 is 63.0 Å². The molecule has 0 saturated carbocycles. The van der Waals surface area contributed by atoms with Gasteiger partial charge in [0.1, 0.15) is 48.3 Å². The van der Waals surface area contributed by atoms with Gasteiger partial charge in [-0.2, -0.15) is 0 Å². The topological polar surface area (TPSA) is 458 Å². The standard InChI is InChI=1S/C45H80N14O13/c1-7-25(6)36(42(69)53-27(12-8-9-17-46)38(65)57-35(24(4)5)44(71)72)58-41(68)31-14-11-19-59(31)43(70)28(15-16-34(62)63)54-40(67)30(21-32(48)60)56-39(66)29(20-23(2)3)55-37(64)26(52-33(61)22-47)13-10-18-51-45(49)50/h23-31,35-36H,7-22,46-47H2,1-6H3,(H2,48,60)(H,52,61)(H,53,69)(H,54,67)(H,55,64)(H,56,66)(H,57,65)(H,58,68)(H,62,63)(H,71,72)(H4,49,50,51)/t25-,26-,27-,28-,29-,30-,31-,35-,36-/m0/s1. The largest absolute Gasteiger partial charge is 0.481 e. The van der Waals surface area contributed by atoms with Crippen LogP contribution >= 0.6 is 0 Å². The number of aliphatic imine (C=N–C) groups is 1. The van der Waals surface area contributed by atoms with Crippen molar-refractivity contribution >= 4 is 71.1 Å². The Morgan fingerprint density at radius 3 is 1.75 bits per heavy atom. The molecule has 0 spiro atoms. The van der Waals surface area contributed by atoms with E-state index in [0.717, 1.165) is 4.90 Å². The zero-order valence-corrected chi connectivity index (χ0v) is 42.3. The van der Waals surface area contributed by atoms with Gasteiger partial charge in [-0.25, -0.2) is 4.79 Å². The molecule has 1 rings (SSSR count). The van der Waals surface area contributed by atoms with E-state index in [1.54, 1.807) is 41.5 Å². The summed E-state index contributed by atoms with van der Waals surface area (Å²) in [7, 11) is 0. The second kappa shape index (κ2) is 32.4. The number of rotatable bonds is 34. The zero-order valence-electron chi connectivity index (χ0n) is 42.3. The van der Waals surface area contributed by atoms with Crippen LogP contribution in [0.5, 0.6) is 0 Å². The summed E-state index contributed by atoms with van der Waals surface area (Å²) in [6.07, 6.45) is 0.0740. The number of carboxylic acid groups (broad SMARTS) is 2. The van der Waals surface area contributed by atoms with E-state index in [0.29, 0.717) is 25.8 Å². The van der Waals surface area contributed by atoms with Crippen LogP contribution in [0.4, 0.5) is 0 Å². The molecule has 1 aliphatic heterocycles. The average Bonchev–Trinajstić information content (AvgIpc) is 3.80. The molecular weight excluding hydrogens is 945 g/mol. The van der Waals surface area contributed by atoms with E-state index in [1.165, 1.54) is 0 Å². The molecule has 9 amide bonds. The molecule has 0 aromatic rings. The summed E-state index contributed by atoms with van der Waals surface area (Å²) >= 11 is 0. The first-order chi connectivity index (χ1) is 33.8. The lowest BCUT2D eigenvalue weighted by atomic mass is 9.96. The van der Waals surface area contributed by atoms with Crippen LogP contribution in [-0.2, 0) is 52.7 Å². The summed E-state index contributed by atoms with van der Waals surface area (Å²) < 4.78 is 0. The van der Waals surface area contributed by atoms with Crippen LogP contribution in [-0.4, -0.2) is 161 Å². The molecule has 1 fully saturated rings. The first-order valence-corrected chi connectivity index (χ1v) is 24.4. The van der Waals surface area contributed by atoms with Gasteiger partial charge < -0.3 is 81.0 Å². The van der Waals surface area contributed by atoms with Crippen LogP contribution in [0.25, 0.3) is 0 Å². The third-order valence-electron chi connectivity index (χ3n) is 11.9. The van der Waals surface area contributed by atoms with Gasteiger partial charge >= 0.3 is 11.9 Å². The number of unbranched alkanes of at least 4 members (excludes halogenated alkanes) is 1. The van der Waals surface area contributed by atoms with Crippen molar-refractivity contribution in [2.45, 2.75) is 167 Å². The van der Waals surface area contributed by atoms with Gasteiger partial charge in [0.05, 0.1) is 13.0 Å². The summed E-state index contributed by atoms with van der Waals surface area (Å²) in [4.78, 5) is 150. The van der Waals surface area contributed by atoms with Crippen LogP contribution in [0.3, 0.4) is 0 Å². The van der Waals surface area contributed by atoms with E-state index >= 15 is 0 Å². The number of nitrogens with zero attached hydrogens (tertiary/aromatic N) is 2. The highest BCUT2D eigenvalue weighted by molar-refractivity contribution is 5.99. The summed E-state index contributed by atoms with van der Waals surface area (Å²) in [5.74, 6) is -11.8. The number of carboxylic acids is 2. The number of primary amides is 1. The van der Waals surface area contributed by atoms with Crippen LogP contribution < -0.4 is 65.9 Å². The Balaban J connectivity index is 3.46. The van der Waals surface area contributed by atoms with E-state index in [4.69, 9.17) is 28.7 Å². The number of nitrogens with one attached hydrogen (secondary N) is 7. The molecule has 0 aromatic carbocycles. The summed E-state index contributed by atoms with van der Waals surface area (Å²) in [6, 6.07) is -10.8. The SMILES string of the molecule is CC[C@H](C)[C@H](NC(=O)[C@@H]1CCCN1C(=O)[C@H](CCC(=O)O)NC(=O)[C@H](CC(N)=O)NC(=O)[C@H](CC(C)C)NC(=O)[C@H](CCCN=C(N)N)NC(=O)CN)C(=O)N[C@@H](CCCCN)C(=O)N[C@H](C(=O)O)C(C)C. The fourth-order valence-corrected chi connectivity index (χ4v) is 7.73. The van der Waals surface area contributed by atoms with Gasteiger partial charge in [0.25, 0.3) is 0 Å². The predicted octanol–water partition coefficient (Wildman–Crippen LogP) is -3.91. The van der Waals surface area contributed by atoms with Crippen molar-refractivity contribution in [1.82, 2.24) is 42.1 Å². The number of guanidine groups is 1. The first kappa shape index (κ1) is 63.4. The molecule has 0 unspecified atom stereocenters. The van der Waals surface area contributed by atoms with Crippen LogP contribution in [0.15, 0.2) is 4.99 Å². The van der Waals surface area contributed by atoms with Crippen molar-refractivity contribution in [3.8, 4) is 0 Å². The van der Waals surface area contributed by atoms with E-state index < -0.39 is 151 Å². The van der Waals surface area contributed by atoms with Gasteiger partial charge in [-0.1, -0.05) is 48.0 Å². The number of hydrogen-bond donors (Lipinski definition) is 14. The molecule has 0 radical (unpaired) electrons. The number of amides is 9. The normalized spacial score (nSPS) is 16.6. The number of carbonyl (C=O) groups is 11. The molecule has 408 valence electrons. The predicted molar refractivity (Wildman–Crippen MR) is 262 cm³/mol. The Morgan fingerprint density at radius 2 is 1.21 bits per heavy atom. The first-order valence-electron chi connectivity index (χ1n) is 24.4. The molecule has 1 heterocycles. The highest BCUT2D eigenvalue weighted by Crippen LogP contribution is 2.22. The maximum atomic E-state index is 14.3. The van der Waals surface area contributed by atoms with E-state index in [-0.39, 0.29) is 63.5 Å². The van der Waals surface area contributed by atoms with Crippen molar-refractivity contribution in [3.63, 3.8) is 0 Å². The molecule has 27 nitrogen and oxygen atoms in total. The summed E-state index contributed by atoms with van der Waals surface area (Å²) in [5, 5.41) is 37.0. The van der Waals surface area contributed by atoms with Gasteiger partial charge in [-0.15, -0.1) is 0 Å². The maximum Gasteiger partial charge on any atom is 0.326 e. The number of hydrogen-bond acceptors (Lipinski definition) is 14. The Labute approximate surface area is 419 Å². The van der Waals surface area contributed by atoms with E-state index in [2.05, 4.69) is 42.2 Å². The van der Waals surface area contributed by atoms with Crippen molar-refractivity contribution in [2.75, 3.05) is 26.2 Å². The number of carbonyl (C=O) groups excluding carboxylic acids is 9. The minimum Gasteiger partial charge on any atom is -0.481 e. The number of nitrogens with two attached hydrogens (primary N) is 5. The van der Waals surface area contributed by atoms with Gasteiger partial charge in [0.15, 0.2) is 5.96 Å². The smallest absolute Gasteiger partial charge is 0.326 e. The van der Waals surface area contributed by atoms with Crippen LogP contribution in [0, 0.1) is 17.8 Å². The second-order valence-corrected chi connectivity index (χ2v) is 18.7. The zero-order chi connectivity index (χ0) is 54.8. The molecule has 9 atom stereocenters. The molecule has 0 bridgehead atoms. The Hall–Kier alpha value is -6.64. The third-order valence-corrected chi connectivity index (χ3v) is 11.9. The second-order valence-electron chi connectivity index (χ2n) is 18.7. The number of likely N-dealkylation sites (tertiary alicyclic amines) is 1. The van der Waals surface area contributed by atoms with Gasteiger partial charge in [0, 0.05) is 19.5 Å². The van der Waals surface area contributed by atoms with Gasteiger partial charge in [-0.05, 0) is 82.1 Å². The minimum absolute atomic E-state index is 0.00193. The highest BCUT2D eigenvalue weighted by atomic mass is 16.4. The lowest BCUT2D eigenvalue weighted by Crippen LogP contribution is -2.61. The molecule has 27 heteroatoms. The molecule has 1 saturated heterocycles. The monoisotopic (exact) mass is 1020 g/mol. The Bertz CT molecular complexity index is 1910. The summed E-state index contributed by atoms with van der Waals surface area (Å²) in [5.41, 5.74) is 27.3.